The third kappa shape index (κ3) is 7.10. The van der Waals surface area contributed by atoms with Crippen molar-refractivity contribution in [1.29, 1.82) is 0 Å². The second-order valence-electron chi connectivity index (χ2n) is 3.45. The molecule has 6 heteroatoms. The number of nitrogens with zero attached hydrogens (tertiary/aromatic N) is 2. The van der Waals surface area contributed by atoms with Crippen LogP contribution in [0.5, 0.6) is 0 Å². The summed E-state index contributed by atoms with van der Waals surface area (Å²) in [5.74, 6) is 0.755. The molecule has 17 heavy (non-hydrogen) atoms. The molecule has 0 spiro atoms. The molecule has 0 unspecified atom stereocenters. The third-order valence-electron chi connectivity index (χ3n) is 2.08. The Balaban J connectivity index is 1.97. The number of unbranched alkanes of at least 4 members (excludes halogenated alkanes) is 1. The van der Waals surface area contributed by atoms with E-state index in [1.54, 1.807) is 19.4 Å². The molecule has 0 aliphatic carbocycles. The number of hydrogen-bond donors (Lipinski definition) is 1. The van der Waals surface area contributed by atoms with Gasteiger partial charge < -0.3 is 14.8 Å². The summed E-state index contributed by atoms with van der Waals surface area (Å²) >= 11 is 5.66. The van der Waals surface area contributed by atoms with Gasteiger partial charge in [0.2, 0.25) is 5.28 Å². The van der Waals surface area contributed by atoms with Crippen molar-refractivity contribution in [2.45, 2.75) is 12.8 Å². The smallest absolute Gasteiger partial charge is 0.224 e. The van der Waals surface area contributed by atoms with Crippen LogP contribution in [0.2, 0.25) is 5.28 Å². The normalized spacial score (nSPS) is 10.5. The first-order chi connectivity index (χ1) is 8.33. The Hall–Kier alpha value is -0.910. The van der Waals surface area contributed by atoms with E-state index in [2.05, 4.69) is 15.3 Å². The molecule has 5 nitrogen and oxygen atoms in total. The van der Waals surface area contributed by atoms with Crippen LogP contribution < -0.4 is 5.32 Å². The average Bonchev–Trinajstić information content (AvgIpc) is 2.33. The summed E-state index contributed by atoms with van der Waals surface area (Å²) in [5.41, 5.74) is 0. The van der Waals surface area contributed by atoms with Gasteiger partial charge in [0, 0.05) is 26.5 Å². The molecule has 1 aromatic heterocycles. The SMILES string of the molecule is COCCOCCCCNc1ccnc(Cl)n1. The largest absolute Gasteiger partial charge is 0.382 e. The lowest BCUT2D eigenvalue weighted by Crippen LogP contribution is -2.07. The van der Waals surface area contributed by atoms with E-state index in [-0.39, 0.29) is 5.28 Å². The number of ether oxygens (including phenoxy) is 2. The lowest BCUT2D eigenvalue weighted by molar-refractivity contribution is 0.0691. The molecule has 0 saturated carbocycles. The van der Waals surface area contributed by atoms with Crippen LogP contribution in [0.3, 0.4) is 0 Å². The molecule has 0 aliphatic heterocycles. The zero-order valence-corrected chi connectivity index (χ0v) is 10.7. The molecule has 96 valence electrons. The van der Waals surface area contributed by atoms with Crippen LogP contribution in [0.15, 0.2) is 12.3 Å². The summed E-state index contributed by atoms with van der Waals surface area (Å²) in [6.45, 7) is 2.92. The maximum absolute atomic E-state index is 5.66. The van der Waals surface area contributed by atoms with Gasteiger partial charge in [0.15, 0.2) is 0 Å². The zero-order chi connectivity index (χ0) is 12.3. The van der Waals surface area contributed by atoms with Crippen LogP contribution in [0.1, 0.15) is 12.8 Å². The Morgan fingerprint density at radius 2 is 2.18 bits per heavy atom. The highest BCUT2D eigenvalue weighted by Crippen LogP contribution is 2.05. The topological polar surface area (TPSA) is 56.3 Å². The van der Waals surface area contributed by atoms with Gasteiger partial charge >= 0.3 is 0 Å². The Labute approximate surface area is 107 Å². The molecule has 0 fully saturated rings. The lowest BCUT2D eigenvalue weighted by atomic mass is 10.3. The molecule has 0 atom stereocenters. The number of halogens is 1. The van der Waals surface area contributed by atoms with Gasteiger partial charge in [0.05, 0.1) is 13.2 Å². The Kier molecular flexibility index (Phi) is 7.62. The van der Waals surface area contributed by atoms with Gasteiger partial charge in [-0.05, 0) is 30.5 Å². The van der Waals surface area contributed by atoms with E-state index in [4.69, 9.17) is 21.1 Å². The van der Waals surface area contributed by atoms with Crippen molar-refractivity contribution in [3.8, 4) is 0 Å². The minimum atomic E-state index is 0.262. The Morgan fingerprint density at radius 1 is 1.29 bits per heavy atom. The van der Waals surface area contributed by atoms with E-state index >= 15 is 0 Å². The molecule has 0 amide bonds. The fourth-order valence-corrected chi connectivity index (χ4v) is 1.37. The van der Waals surface area contributed by atoms with Gasteiger partial charge in [-0.3, -0.25) is 0 Å². The van der Waals surface area contributed by atoms with Crippen molar-refractivity contribution >= 4 is 17.4 Å². The molecular weight excluding hydrogens is 242 g/mol. The van der Waals surface area contributed by atoms with Crippen LogP contribution in [0.25, 0.3) is 0 Å². The van der Waals surface area contributed by atoms with E-state index in [0.29, 0.717) is 13.2 Å². The maximum atomic E-state index is 5.66. The number of rotatable bonds is 9. The van der Waals surface area contributed by atoms with E-state index < -0.39 is 0 Å². The number of aromatic nitrogens is 2. The Morgan fingerprint density at radius 3 is 2.94 bits per heavy atom. The molecule has 0 radical (unpaired) electrons. The third-order valence-corrected chi connectivity index (χ3v) is 2.26. The highest BCUT2D eigenvalue weighted by molar-refractivity contribution is 6.28. The van der Waals surface area contributed by atoms with Crippen LogP contribution in [0.4, 0.5) is 5.82 Å². The molecule has 0 aromatic carbocycles. The molecule has 1 aromatic rings. The van der Waals surface area contributed by atoms with Crippen LogP contribution in [-0.2, 0) is 9.47 Å². The van der Waals surface area contributed by atoms with Gasteiger partial charge in [-0.1, -0.05) is 0 Å². The van der Waals surface area contributed by atoms with E-state index in [1.807, 2.05) is 0 Å². The first kappa shape index (κ1) is 14.2. The quantitative estimate of drug-likeness (QED) is 0.543. The lowest BCUT2D eigenvalue weighted by Gasteiger charge is -2.06. The van der Waals surface area contributed by atoms with Crippen molar-refractivity contribution in [3.05, 3.63) is 17.5 Å². The average molecular weight is 260 g/mol. The standard InChI is InChI=1S/C11H18ClN3O2/c1-16-8-9-17-7-3-2-5-13-10-4-6-14-11(12)15-10/h4,6H,2-3,5,7-9H2,1H3,(H,13,14,15). The maximum Gasteiger partial charge on any atom is 0.224 e. The summed E-state index contributed by atoms with van der Waals surface area (Å²) in [5, 5.41) is 3.43. The Bertz CT molecular complexity index is 313. The molecule has 1 N–H and O–H groups in total. The molecule has 1 rings (SSSR count). The van der Waals surface area contributed by atoms with E-state index in [0.717, 1.165) is 31.8 Å². The number of anilines is 1. The first-order valence-corrected chi connectivity index (χ1v) is 6.00. The van der Waals surface area contributed by atoms with Crippen LogP contribution in [-0.4, -0.2) is 43.4 Å². The van der Waals surface area contributed by atoms with Crippen molar-refractivity contribution in [2.24, 2.45) is 0 Å². The summed E-state index contributed by atoms with van der Waals surface area (Å²) in [6.07, 6.45) is 3.66. The molecule has 0 saturated heterocycles. The first-order valence-electron chi connectivity index (χ1n) is 5.62. The molecular formula is C11H18ClN3O2. The van der Waals surface area contributed by atoms with Crippen molar-refractivity contribution < 1.29 is 9.47 Å². The predicted octanol–water partition coefficient (Wildman–Crippen LogP) is 1.99. The van der Waals surface area contributed by atoms with E-state index in [1.165, 1.54) is 0 Å². The minimum absolute atomic E-state index is 0.262. The number of methoxy groups -OCH3 is 1. The highest BCUT2D eigenvalue weighted by atomic mass is 35.5. The summed E-state index contributed by atoms with van der Waals surface area (Å²) in [7, 11) is 1.67. The van der Waals surface area contributed by atoms with Gasteiger partial charge in [-0.15, -0.1) is 0 Å². The molecule has 1 heterocycles. The summed E-state index contributed by atoms with van der Waals surface area (Å²) in [6, 6.07) is 1.79. The number of nitrogens with one attached hydrogen (secondary N) is 1. The van der Waals surface area contributed by atoms with Crippen LogP contribution in [0, 0.1) is 0 Å². The van der Waals surface area contributed by atoms with Crippen molar-refractivity contribution in [2.75, 3.05) is 38.8 Å². The van der Waals surface area contributed by atoms with E-state index in [9.17, 15) is 0 Å². The fraction of sp³-hybridized carbons (Fsp3) is 0.636. The number of hydrogen-bond acceptors (Lipinski definition) is 5. The van der Waals surface area contributed by atoms with Gasteiger partial charge in [-0.2, -0.15) is 0 Å². The van der Waals surface area contributed by atoms with Crippen LogP contribution >= 0.6 is 11.6 Å². The minimum Gasteiger partial charge on any atom is -0.382 e. The zero-order valence-electron chi connectivity index (χ0n) is 9.99. The van der Waals surface area contributed by atoms with Crippen molar-refractivity contribution in [3.63, 3.8) is 0 Å². The molecule has 0 bridgehead atoms. The van der Waals surface area contributed by atoms with Gasteiger partial charge in [-0.25, -0.2) is 9.97 Å². The highest BCUT2D eigenvalue weighted by Gasteiger charge is 1.95. The van der Waals surface area contributed by atoms with Gasteiger partial charge in [0.25, 0.3) is 0 Å². The molecule has 0 aliphatic rings. The second-order valence-corrected chi connectivity index (χ2v) is 3.79. The summed E-state index contributed by atoms with van der Waals surface area (Å²) in [4.78, 5) is 7.84. The second kappa shape index (κ2) is 9.15. The van der Waals surface area contributed by atoms with Gasteiger partial charge in [0.1, 0.15) is 5.82 Å². The van der Waals surface area contributed by atoms with Crippen molar-refractivity contribution in [1.82, 2.24) is 9.97 Å². The summed E-state index contributed by atoms with van der Waals surface area (Å²) < 4.78 is 10.2. The fourth-order valence-electron chi connectivity index (χ4n) is 1.22. The predicted molar refractivity (Wildman–Crippen MR) is 67.5 cm³/mol. The monoisotopic (exact) mass is 259 g/mol.